The quantitative estimate of drug-likeness (QED) is 0.162. The van der Waals surface area contributed by atoms with Crippen molar-refractivity contribution >= 4 is 23.9 Å². The van der Waals surface area contributed by atoms with E-state index >= 15 is 0 Å². The van der Waals surface area contributed by atoms with E-state index in [0.717, 1.165) is 30.4 Å². The molecule has 0 radical (unpaired) electrons. The number of aryl methyl sites for hydroxylation is 2. The molecule has 2 rings (SSSR count). The average molecular weight is 626 g/mol. The molecule has 0 fully saturated rings. The number of benzene rings is 2. The average Bonchev–Trinajstić information content (AvgIpc) is 2.95. The third-order valence-corrected chi connectivity index (χ3v) is 7.11. The molecule has 3 N–H and O–H groups in total. The van der Waals surface area contributed by atoms with Crippen LogP contribution < -0.4 is 10.6 Å². The van der Waals surface area contributed by atoms with Gasteiger partial charge in [0.25, 0.3) is 0 Å². The number of ether oxygens (including phenoxy) is 2. The highest BCUT2D eigenvalue weighted by Gasteiger charge is 2.37. The van der Waals surface area contributed by atoms with Gasteiger partial charge in [0.05, 0.1) is 13.0 Å². The minimum atomic E-state index is -1.07. The second-order valence-electron chi connectivity index (χ2n) is 12.3. The van der Waals surface area contributed by atoms with Gasteiger partial charge in [-0.1, -0.05) is 62.1 Å². The van der Waals surface area contributed by atoms with Crippen molar-refractivity contribution in [1.82, 2.24) is 15.5 Å². The number of hydrogen-bond donors (Lipinski definition) is 3. The summed E-state index contributed by atoms with van der Waals surface area (Å²) in [5.74, 6) is -1.23. The number of hydrogen-bond acceptors (Lipinski definition) is 7. The number of unbranched alkanes of at least 4 members (excludes halogenated alkanes) is 3. The predicted molar refractivity (Wildman–Crippen MR) is 174 cm³/mol. The molecule has 0 saturated heterocycles. The monoisotopic (exact) mass is 625 g/mol. The summed E-state index contributed by atoms with van der Waals surface area (Å²) in [6.45, 7) is 13.4. The second kappa shape index (κ2) is 18.0. The van der Waals surface area contributed by atoms with Crippen molar-refractivity contribution in [3.8, 4) is 5.75 Å². The summed E-state index contributed by atoms with van der Waals surface area (Å²) < 4.78 is 10.5. The van der Waals surface area contributed by atoms with Gasteiger partial charge >= 0.3 is 12.1 Å². The number of phenols is 1. The minimum Gasteiger partial charge on any atom is -0.508 e. The normalized spacial score (nSPS) is 12.5. The molecule has 2 atom stereocenters. The van der Waals surface area contributed by atoms with Crippen LogP contribution in [0.5, 0.6) is 5.75 Å². The van der Waals surface area contributed by atoms with Crippen LogP contribution in [-0.2, 0) is 30.3 Å². The molecule has 2 aromatic rings. The van der Waals surface area contributed by atoms with Crippen molar-refractivity contribution in [2.75, 3.05) is 19.7 Å². The van der Waals surface area contributed by atoms with Gasteiger partial charge in [-0.3, -0.25) is 14.4 Å². The molecule has 0 aromatic heterocycles. The van der Waals surface area contributed by atoms with Gasteiger partial charge in [-0.25, -0.2) is 4.79 Å². The lowest BCUT2D eigenvalue weighted by Crippen LogP contribution is -2.54. The highest BCUT2D eigenvalue weighted by atomic mass is 16.6. The summed E-state index contributed by atoms with van der Waals surface area (Å²) in [4.78, 5) is 55.1. The fourth-order valence-corrected chi connectivity index (χ4v) is 4.99. The third-order valence-electron chi connectivity index (χ3n) is 7.11. The van der Waals surface area contributed by atoms with E-state index in [-0.39, 0.29) is 38.3 Å². The smallest absolute Gasteiger partial charge is 0.408 e. The second-order valence-corrected chi connectivity index (χ2v) is 12.3. The molecular formula is C35H51N3O7. The number of rotatable bonds is 16. The molecule has 0 heterocycles. The molecule has 0 aliphatic rings. The molecule has 0 aliphatic carbocycles. The number of carbonyl (C=O) groups is 4. The number of esters is 1. The van der Waals surface area contributed by atoms with Crippen molar-refractivity contribution in [3.63, 3.8) is 0 Å². The number of nitrogens with one attached hydrogen (secondary N) is 2. The SMILES string of the molecule is CCCCCCN(C(=O)C(Cc1ccc(O)cc1)NC(=O)OC(C)(C)C)C(C(=O)NCCC(=O)OCC)c1ccc(C)cc1C. The van der Waals surface area contributed by atoms with Gasteiger partial charge in [-0.2, -0.15) is 0 Å². The van der Waals surface area contributed by atoms with E-state index in [2.05, 4.69) is 17.6 Å². The first-order chi connectivity index (χ1) is 21.2. The Morgan fingerprint density at radius 3 is 2.24 bits per heavy atom. The summed E-state index contributed by atoms with van der Waals surface area (Å²) in [5.41, 5.74) is 2.41. The van der Waals surface area contributed by atoms with Crippen LogP contribution in [0.3, 0.4) is 0 Å². The summed E-state index contributed by atoms with van der Waals surface area (Å²) in [7, 11) is 0. The highest BCUT2D eigenvalue weighted by Crippen LogP contribution is 2.28. The first-order valence-electron chi connectivity index (χ1n) is 15.8. The van der Waals surface area contributed by atoms with Gasteiger partial charge in [0.15, 0.2) is 0 Å². The van der Waals surface area contributed by atoms with E-state index in [1.54, 1.807) is 39.8 Å². The Morgan fingerprint density at radius 2 is 1.64 bits per heavy atom. The lowest BCUT2D eigenvalue weighted by molar-refractivity contribution is -0.144. The van der Waals surface area contributed by atoms with E-state index in [1.165, 1.54) is 17.0 Å². The number of phenolic OH excluding ortho intramolecular Hbond substituents is 1. The van der Waals surface area contributed by atoms with Gasteiger partial charge in [0.2, 0.25) is 11.8 Å². The molecule has 45 heavy (non-hydrogen) atoms. The Morgan fingerprint density at radius 1 is 0.956 bits per heavy atom. The molecule has 10 heteroatoms. The number of carbonyl (C=O) groups excluding carboxylic acids is 4. The Hall–Kier alpha value is -4.08. The van der Waals surface area contributed by atoms with Gasteiger partial charge in [0, 0.05) is 19.5 Å². The van der Waals surface area contributed by atoms with Crippen LogP contribution >= 0.6 is 0 Å². The molecular weight excluding hydrogens is 574 g/mol. The van der Waals surface area contributed by atoms with Crippen LogP contribution in [0.25, 0.3) is 0 Å². The van der Waals surface area contributed by atoms with Crippen molar-refractivity contribution in [2.24, 2.45) is 0 Å². The van der Waals surface area contributed by atoms with E-state index < -0.39 is 41.6 Å². The zero-order valence-corrected chi connectivity index (χ0v) is 27.9. The van der Waals surface area contributed by atoms with E-state index in [0.29, 0.717) is 17.5 Å². The van der Waals surface area contributed by atoms with E-state index in [1.807, 2.05) is 32.0 Å². The molecule has 2 unspecified atom stereocenters. The van der Waals surface area contributed by atoms with Gasteiger partial charge in [-0.15, -0.1) is 0 Å². The Labute approximate surface area is 267 Å². The molecule has 2 aromatic carbocycles. The molecule has 0 bridgehead atoms. The zero-order valence-electron chi connectivity index (χ0n) is 27.9. The van der Waals surface area contributed by atoms with Crippen LogP contribution in [0.1, 0.15) is 95.0 Å². The standard InChI is InChI=1S/C35H51N3O7/c1-8-10-11-12-21-38(31(28-18-13-24(3)22-25(28)4)32(41)36-20-19-30(40)44-9-2)33(42)29(37-34(43)45-35(5,6)7)23-26-14-16-27(39)17-15-26/h13-18,22,29,31,39H,8-12,19-21,23H2,1-7H3,(H,36,41)(H,37,43). The van der Waals surface area contributed by atoms with Gasteiger partial charge in [0.1, 0.15) is 23.4 Å². The van der Waals surface area contributed by atoms with E-state index in [4.69, 9.17) is 9.47 Å². The molecule has 0 spiro atoms. The van der Waals surface area contributed by atoms with Crippen LogP contribution in [0.2, 0.25) is 0 Å². The molecule has 0 saturated carbocycles. The van der Waals surface area contributed by atoms with Gasteiger partial charge in [-0.05, 0) is 76.8 Å². The number of aromatic hydroxyl groups is 1. The molecule has 3 amide bonds. The minimum absolute atomic E-state index is 0.00664. The lowest BCUT2D eigenvalue weighted by Gasteiger charge is -2.35. The van der Waals surface area contributed by atoms with Crippen molar-refractivity contribution in [3.05, 3.63) is 64.7 Å². The lowest BCUT2D eigenvalue weighted by atomic mass is 9.95. The van der Waals surface area contributed by atoms with Crippen molar-refractivity contribution in [2.45, 2.75) is 105 Å². The maximum Gasteiger partial charge on any atom is 0.408 e. The van der Waals surface area contributed by atoms with Crippen LogP contribution in [0.4, 0.5) is 4.79 Å². The fourth-order valence-electron chi connectivity index (χ4n) is 4.99. The Kier molecular flexibility index (Phi) is 14.9. The maximum absolute atomic E-state index is 14.6. The Bertz CT molecular complexity index is 1270. The summed E-state index contributed by atoms with van der Waals surface area (Å²) in [6, 6.07) is 10.0. The van der Waals surface area contributed by atoms with Crippen molar-refractivity contribution in [1.29, 1.82) is 0 Å². The Balaban J connectivity index is 2.57. The van der Waals surface area contributed by atoms with E-state index in [9.17, 15) is 24.3 Å². The van der Waals surface area contributed by atoms with Crippen molar-refractivity contribution < 1.29 is 33.8 Å². The van der Waals surface area contributed by atoms with Crippen LogP contribution in [0.15, 0.2) is 42.5 Å². The number of nitrogens with zero attached hydrogens (tertiary/aromatic N) is 1. The van der Waals surface area contributed by atoms with Crippen LogP contribution in [-0.4, -0.2) is 65.2 Å². The topological polar surface area (TPSA) is 134 Å². The molecule has 248 valence electrons. The first-order valence-corrected chi connectivity index (χ1v) is 15.8. The highest BCUT2D eigenvalue weighted by molar-refractivity contribution is 5.92. The first kappa shape index (κ1) is 37.1. The number of amides is 3. The summed E-state index contributed by atoms with van der Waals surface area (Å²) >= 11 is 0. The molecule has 0 aliphatic heterocycles. The third kappa shape index (κ3) is 12.8. The maximum atomic E-state index is 14.6. The largest absolute Gasteiger partial charge is 0.508 e. The molecule has 10 nitrogen and oxygen atoms in total. The fraction of sp³-hybridized carbons (Fsp3) is 0.543. The zero-order chi connectivity index (χ0) is 33.6. The van der Waals surface area contributed by atoms with Gasteiger partial charge < -0.3 is 30.1 Å². The number of alkyl carbamates (subject to hydrolysis) is 1. The predicted octanol–water partition coefficient (Wildman–Crippen LogP) is 5.66. The summed E-state index contributed by atoms with van der Waals surface area (Å²) in [6.07, 6.45) is 2.80. The van der Waals surface area contributed by atoms with Crippen LogP contribution in [0, 0.1) is 13.8 Å². The summed E-state index contributed by atoms with van der Waals surface area (Å²) in [5, 5.41) is 15.4.